The van der Waals surface area contributed by atoms with Crippen LogP contribution in [0.15, 0.2) is 16.5 Å². The maximum atomic E-state index is 11.4. The van der Waals surface area contributed by atoms with E-state index in [-0.39, 0.29) is 11.5 Å². The van der Waals surface area contributed by atoms with E-state index in [1.807, 2.05) is 7.05 Å². The molecular formula is C10H14N2O4. The lowest BCUT2D eigenvalue weighted by atomic mass is 10.3. The summed E-state index contributed by atoms with van der Waals surface area (Å²) >= 11 is 0. The van der Waals surface area contributed by atoms with E-state index in [1.165, 1.54) is 12.1 Å². The van der Waals surface area contributed by atoms with Crippen LogP contribution in [0.2, 0.25) is 0 Å². The summed E-state index contributed by atoms with van der Waals surface area (Å²) in [7, 11) is 1.83. The minimum Gasteiger partial charge on any atom is -0.475 e. The number of carbonyl (C=O) groups is 2. The Morgan fingerprint density at radius 3 is 2.56 bits per heavy atom. The maximum Gasteiger partial charge on any atom is 0.371 e. The quantitative estimate of drug-likeness (QED) is 0.607. The number of hydrogen-bond donors (Lipinski definition) is 3. The largest absolute Gasteiger partial charge is 0.475 e. The molecule has 88 valence electrons. The molecule has 6 heteroatoms. The molecule has 1 rings (SSSR count). The fraction of sp³-hybridized carbons (Fsp3) is 0.400. The van der Waals surface area contributed by atoms with Gasteiger partial charge in [0, 0.05) is 6.54 Å². The highest BCUT2D eigenvalue weighted by Crippen LogP contribution is 2.07. The number of aromatic carboxylic acids is 1. The van der Waals surface area contributed by atoms with Gasteiger partial charge in [0.05, 0.1) is 0 Å². The molecule has 0 bridgehead atoms. The van der Waals surface area contributed by atoms with Crippen LogP contribution in [-0.4, -0.2) is 37.1 Å². The third-order valence-corrected chi connectivity index (χ3v) is 1.93. The average Bonchev–Trinajstić information content (AvgIpc) is 2.73. The zero-order chi connectivity index (χ0) is 12.0. The van der Waals surface area contributed by atoms with Gasteiger partial charge in [-0.1, -0.05) is 0 Å². The lowest BCUT2D eigenvalue weighted by Gasteiger charge is -2.02. The number of furan rings is 1. The van der Waals surface area contributed by atoms with Crippen LogP contribution in [0.1, 0.15) is 27.5 Å². The van der Waals surface area contributed by atoms with Crippen molar-refractivity contribution in [1.82, 2.24) is 10.6 Å². The van der Waals surface area contributed by atoms with Crippen LogP contribution in [0.4, 0.5) is 0 Å². The molecule has 1 aromatic heterocycles. The summed E-state index contributed by atoms with van der Waals surface area (Å²) in [5.74, 6) is -1.81. The first kappa shape index (κ1) is 12.3. The second-order valence-corrected chi connectivity index (χ2v) is 3.18. The van der Waals surface area contributed by atoms with Crippen LogP contribution in [0.5, 0.6) is 0 Å². The first-order chi connectivity index (χ1) is 7.65. The van der Waals surface area contributed by atoms with E-state index in [1.54, 1.807) is 0 Å². The molecule has 16 heavy (non-hydrogen) atoms. The van der Waals surface area contributed by atoms with Crippen molar-refractivity contribution in [2.75, 3.05) is 20.1 Å². The van der Waals surface area contributed by atoms with Gasteiger partial charge in [0.1, 0.15) is 0 Å². The fourth-order valence-corrected chi connectivity index (χ4v) is 1.13. The molecule has 0 aliphatic rings. The van der Waals surface area contributed by atoms with Crippen molar-refractivity contribution in [3.8, 4) is 0 Å². The standard InChI is InChI=1S/C10H14N2O4/c1-11-5-2-6-12-9(13)7-3-4-8(16-7)10(14)15/h3-4,11H,2,5-6H2,1H3,(H,12,13)(H,14,15). The third-order valence-electron chi connectivity index (χ3n) is 1.93. The normalized spacial score (nSPS) is 10.1. The highest BCUT2D eigenvalue weighted by Gasteiger charge is 2.13. The van der Waals surface area contributed by atoms with Gasteiger partial charge in [-0.15, -0.1) is 0 Å². The van der Waals surface area contributed by atoms with Crippen molar-refractivity contribution in [1.29, 1.82) is 0 Å². The summed E-state index contributed by atoms with van der Waals surface area (Å²) in [6.45, 7) is 1.32. The van der Waals surface area contributed by atoms with E-state index in [0.29, 0.717) is 6.54 Å². The molecule has 0 unspecified atom stereocenters. The van der Waals surface area contributed by atoms with Gasteiger partial charge in [0.15, 0.2) is 5.76 Å². The Morgan fingerprint density at radius 2 is 2.00 bits per heavy atom. The number of carboxylic acid groups (broad SMARTS) is 1. The molecule has 0 aliphatic carbocycles. The Bertz CT molecular complexity index is 373. The van der Waals surface area contributed by atoms with Crippen molar-refractivity contribution in [3.63, 3.8) is 0 Å². The van der Waals surface area contributed by atoms with Crippen molar-refractivity contribution in [3.05, 3.63) is 23.7 Å². The lowest BCUT2D eigenvalue weighted by Crippen LogP contribution is -2.26. The molecule has 0 saturated heterocycles. The Labute approximate surface area is 92.6 Å². The molecule has 1 amide bonds. The van der Waals surface area contributed by atoms with E-state index in [4.69, 9.17) is 9.52 Å². The predicted molar refractivity (Wildman–Crippen MR) is 56.5 cm³/mol. The van der Waals surface area contributed by atoms with Gasteiger partial charge in [-0.3, -0.25) is 4.79 Å². The number of carbonyl (C=O) groups excluding carboxylic acids is 1. The topological polar surface area (TPSA) is 91.6 Å². The highest BCUT2D eigenvalue weighted by atomic mass is 16.4. The lowest BCUT2D eigenvalue weighted by molar-refractivity contribution is 0.0659. The van der Waals surface area contributed by atoms with E-state index in [0.717, 1.165) is 13.0 Å². The third kappa shape index (κ3) is 3.39. The fourth-order valence-electron chi connectivity index (χ4n) is 1.13. The van der Waals surface area contributed by atoms with Crippen molar-refractivity contribution >= 4 is 11.9 Å². The minimum atomic E-state index is -1.19. The minimum absolute atomic E-state index is 0.0156. The zero-order valence-electron chi connectivity index (χ0n) is 8.95. The van der Waals surface area contributed by atoms with Gasteiger partial charge in [-0.05, 0) is 32.1 Å². The van der Waals surface area contributed by atoms with Crippen LogP contribution in [0.3, 0.4) is 0 Å². The van der Waals surface area contributed by atoms with E-state index in [2.05, 4.69) is 10.6 Å². The molecular weight excluding hydrogens is 212 g/mol. The summed E-state index contributed by atoms with van der Waals surface area (Å²) in [6.07, 6.45) is 0.800. The molecule has 6 nitrogen and oxygen atoms in total. The molecule has 0 atom stereocenters. The van der Waals surface area contributed by atoms with Crippen LogP contribution < -0.4 is 10.6 Å². The summed E-state index contributed by atoms with van der Waals surface area (Å²) in [4.78, 5) is 21.9. The Morgan fingerprint density at radius 1 is 1.31 bits per heavy atom. The smallest absolute Gasteiger partial charge is 0.371 e. The van der Waals surface area contributed by atoms with Gasteiger partial charge in [-0.25, -0.2) is 4.79 Å². The molecule has 0 radical (unpaired) electrons. The van der Waals surface area contributed by atoms with Crippen LogP contribution in [0.25, 0.3) is 0 Å². The molecule has 0 spiro atoms. The van der Waals surface area contributed by atoms with Crippen molar-refractivity contribution in [2.24, 2.45) is 0 Å². The summed E-state index contributed by atoms with van der Waals surface area (Å²) in [5, 5.41) is 14.2. The molecule has 0 aliphatic heterocycles. The number of rotatable bonds is 6. The first-order valence-corrected chi connectivity index (χ1v) is 4.91. The summed E-state index contributed by atoms with van der Waals surface area (Å²) < 4.78 is 4.84. The highest BCUT2D eigenvalue weighted by molar-refractivity contribution is 5.93. The van der Waals surface area contributed by atoms with Gasteiger partial charge in [0.2, 0.25) is 5.76 Å². The van der Waals surface area contributed by atoms with Crippen LogP contribution >= 0.6 is 0 Å². The Balaban J connectivity index is 2.43. The summed E-state index contributed by atoms with van der Waals surface area (Å²) in [6, 6.07) is 2.60. The first-order valence-electron chi connectivity index (χ1n) is 4.91. The molecule has 1 heterocycles. The second kappa shape index (κ2) is 5.92. The van der Waals surface area contributed by atoms with Crippen molar-refractivity contribution in [2.45, 2.75) is 6.42 Å². The zero-order valence-corrected chi connectivity index (χ0v) is 8.95. The van der Waals surface area contributed by atoms with Gasteiger partial charge < -0.3 is 20.2 Å². The van der Waals surface area contributed by atoms with E-state index >= 15 is 0 Å². The van der Waals surface area contributed by atoms with Gasteiger partial charge in [0.25, 0.3) is 5.91 Å². The Hall–Kier alpha value is -1.82. The van der Waals surface area contributed by atoms with Crippen LogP contribution in [-0.2, 0) is 0 Å². The van der Waals surface area contributed by atoms with E-state index in [9.17, 15) is 9.59 Å². The molecule has 0 saturated carbocycles. The van der Waals surface area contributed by atoms with Gasteiger partial charge in [-0.2, -0.15) is 0 Å². The predicted octanol–water partition coefficient (Wildman–Crippen LogP) is 0.317. The number of amides is 1. The number of hydrogen-bond acceptors (Lipinski definition) is 4. The molecule has 3 N–H and O–H groups in total. The van der Waals surface area contributed by atoms with Crippen molar-refractivity contribution < 1.29 is 19.1 Å². The number of carboxylic acids is 1. The van der Waals surface area contributed by atoms with E-state index < -0.39 is 11.9 Å². The molecule has 0 fully saturated rings. The second-order valence-electron chi connectivity index (χ2n) is 3.18. The number of nitrogens with one attached hydrogen (secondary N) is 2. The monoisotopic (exact) mass is 226 g/mol. The Kier molecular flexibility index (Phi) is 4.53. The molecule has 1 aromatic rings. The average molecular weight is 226 g/mol. The summed E-state index contributed by atoms with van der Waals surface area (Å²) in [5.41, 5.74) is 0. The molecule has 0 aromatic carbocycles. The van der Waals surface area contributed by atoms with Crippen LogP contribution in [0, 0.1) is 0 Å². The SMILES string of the molecule is CNCCCNC(=O)c1ccc(C(=O)O)o1. The maximum absolute atomic E-state index is 11.4. The van der Waals surface area contributed by atoms with Gasteiger partial charge >= 0.3 is 5.97 Å².